The second-order valence-corrected chi connectivity index (χ2v) is 7.38. The summed E-state index contributed by atoms with van der Waals surface area (Å²) >= 11 is 0. The quantitative estimate of drug-likeness (QED) is 0.251. The summed E-state index contributed by atoms with van der Waals surface area (Å²) in [5, 5.41) is 27.6. The number of rotatable bonds is 13. The minimum atomic E-state index is -1.74. The number of carbonyl (C=O) groups is 1. The molecular formula is C21H35FO4. The Hall–Kier alpha value is -1.20. The normalized spacial score (nSPS) is 23.3. The van der Waals surface area contributed by atoms with E-state index in [1.807, 2.05) is 18.2 Å². The third-order valence-corrected chi connectivity index (χ3v) is 5.32. The molecule has 5 heteroatoms. The van der Waals surface area contributed by atoms with Crippen LogP contribution in [0, 0.1) is 17.8 Å². The number of aliphatic hydroxyl groups is 2. The average Bonchev–Trinajstić information content (AvgIpc) is 3.04. The van der Waals surface area contributed by atoms with Crippen molar-refractivity contribution < 1.29 is 24.5 Å². The molecule has 3 N–H and O–H groups in total. The average molecular weight is 371 g/mol. The van der Waals surface area contributed by atoms with Crippen molar-refractivity contribution in [3.05, 3.63) is 24.3 Å². The summed E-state index contributed by atoms with van der Waals surface area (Å²) < 4.78 is 13.0. The van der Waals surface area contributed by atoms with Crippen LogP contribution in [0.1, 0.15) is 71.1 Å². The predicted molar refractivity (Wildman–Crippen MR) is 101 cm³/mol. The molecular weight excluding hydrogens is 335 g/mol. The van der Waals surface area contributed by atoms with Gasteiger partial charge in [0, 0.05) is 5.92 Å². The van der Waals surface area contributed by atoms with Crippen LogP contribution in [-0.2, 0) is 4.79 Å². The standard InChI is InChI=1S/C21H35FO4/c1-2-3-5-10-18(20(23)24)15-14-17-12-8-11-16(17)9-6-4-7-13-19(22)21(25)26/h3,5,14-20,23-24H,2,4,6-13H2,1H3,(H,25,26)/t16-,17+,18?,19?/m0/s1. The number of aliphatic hydroxyl groups excluding tert-OH is 1. The molecule has 1 aliphatic rings. The lowest BCUT2D eigenvalue weighted by molar-refractivity contribution is -0.143. The minimum absolute atomic E-state index is 0.102. The van der Waals surface area contributed by atoms with E-state index in [-0.39, 0.29) is 12.3 Å². The molecule has 0 radical (unpaired) electrons. The molecule has 150 valence electrons. The summed E-state index contributed by atoms with van der Waals surface area (Å²) in [6, 6.07) is 0. The Kier molecular flexibility index (Phi) is 11.5. The fraction of sp³-hybridized carbons (Fsp3) is 0.762. The first kappa shape index (κ1) is 22.8. The number of carboxylic acids is 1. The largest absolute Gasteiger partial charge is 0.479 e. The van der Waals surface area contributed by atoms with E-state index >= 15 is 0 Å². The number of halogens is 1. The van der Waals surface area contributed by atoms with Gasteiger partial charge in [0.15, 0.2) is 12.5 Å². The second kappa shape index (κ2) is 13.0. The van der Waals surface area contributed by atoms with Crippen molar-refractivity contribution in [1.29, 1.82) is 0 Å². The molecule has 26 heavy (non-hydrogen) atoms. The van der Waals surface area contributed by atoms with Gasteiger partial charge in [-0.1, -0.05) is 50.5 Å². The Morgan fingerprint density at radius 1 is 1.19 bits per heavy atom. The zero-order valence-electron chi connectivity index (χ0n) is 15.9. The molecule has 2 unspecified atom stereocenters. The molecule has 0 aliphatic heterocycles. The molecule has 1 fully saturated rings. The molecule has 1 saturated carbocycles. The van der Waals surface area contributed by atoms with Gasteiger partial charge in [0.25, 0.3) is 0 Å². The lowest BCUT2D eigenvalue weighted by Crippen LogP contribution is -2.17. The molecule has 0 saturated heterocycles. The first-order valence-corrected chi connectivity index (χ1v) is 10.0. The number of aliphatic carboxylic acids is 1. The van der Waals surface area contributed by atoms with Crippen LogP contribution in [0.15, 0.2) is 24.3 Å². The lowest BCUT2D eigenvalue weighted by Gasteiger charge is -2.18. The Balaban J connectivity index is 2.36. The summed E-state index contributed by atoms with van der Waals surface area (Å²) in [5.41, 5.74) is 0. The van der Waals surface area contributed by atoms with Crippen molar-refractivity contribution in [2.45, 2.75) is 83.6 Å². The van der Waals surface area contributed by atoms with Crippen LogP contribution in [-0.4, -0.2) is 33.8 Å². The fourth-order valence-electron chi connectivity index (χ4n) is 3.71. The Labute approximate surface area is 156 Å². The maximum atomic E-state index is 13.0. The van der Waals surface area contributed by atoms with Gasteiger partial charge in [-0.25, -0.2) is 9.18 Å². The van der Waals surface area contributed by atoms with Gasteiger partial charge in [-0.2, -0.15) is 0 Å². The summed E-state index contributed by atoms with van der Waals surface area (Å²) in [6.07, 6.45) is 13.8. The number of carboxylic acid groups (broad SMARTS) is 1. The van der Waals surface area contributed by atoms with E-state index in [9.17, 15) is 19.4 Å². The van der Waals surface area contributed by atoms with Gasteiger partial charge in [0.2, 0.25) is 0 Å². The number of unbranched alkanes of at least 4 members (excludes halogenated alkanes) is 2. The smallest absolute Gasteiger partial charge is 0.338 e. The highest BCUT2D eigenvalue weighted by molar-refractivity contribution is 5.71. The summed E-state index contributed by atoms with van der Waals surface area (Å²) in [4.78, 5) is 10.5. The zero-order chi connectivity index (χ0) is 19.4. The van der Waals surface area contributed by atoms with Crippen molar-refractivity contribution in [2.24, 2.45) is 17.8 Å². The van der Waals surface area contributed by atoms with Gasteiger partial charge in [-0.05, 0) is 56.8 Å². The van der Waals surface area contributed by atoms with Gasteiger partial charge >= 0.3 is 5.97 Å². The van der Waals surface area contributed by atoms with Gasteiger partial charge in [-0.3, -0.25) is 0 Å². The van der Waals surface area contributed by atoms with Crippen molar-refractivity contribution in [3.63, 3.8) is 0 Å². The molecule has 1 aliphatic carbocycles. The fourth-order valence-corrected chi connectivity index (χ4v) is 3.71. The van der Waals surface area contributed by atoms with Crippen LogP contribution in [0.2, 0.25) is 0 Å². The highest BCUT2D eigenvalue weighted by Crippen LogP contribution is 2.36. The van der Waals surface area contributed by atoms with E-state index in [2.05, 4.69) is 13.0 Å². The van der Waals surface area contributed by atoms with Crippen molar-refractivity contribution in [3.8, 4) is 0 Å². The number of allylic oxidation sites excluding steroid dienone is 3. The van der Waals surface area contributed by atoms with Gasteiger partial charge in [-0.15, -0.1) is 0 Å². The molecule has 0 aromatic rings. The highest BCUT2D eigenvalue weighted by atomic mass is 19.1. The Morgan fingerprint density at radius 3 is 2.62 bits per heavy atom. The van der Waals surface area contributed by atoms with Crippen LogP contribution in [0.3, 0.4) is 0 Å². The Morgan fingerprint density at radius 2 is 1.96 bits per heavy atom. The molecule has 4 nitrogen and oxygen atoms in total. The number of hydrogen-bond donors (Lipinski definition) is 3. The minimum Gasteiger partial charge on any atom is -0.479 e. The van der Waals surface area contributed by atoms with Gasteiger partial charge in [0.05, 0.1) is 0 Å². The lowest BCUT2D eigenvalue weighted by atomic mass is 9.89. The van der Waals surface area contributed by atoms with Crippen LogP contribution in [0.4, 0.5) is 4.39 Å². The topological polar surface area (TPSA) is 77.8 Å². The maximum absolute atomic E-state index is 13.0. The molecule has 0 aromatic heterocycles. The number of hydrogen-bond acceptors (Lipinski definition) is 3. The third-order valence-electron chi connectivity index (χ3n) is 5.32. The van der Waals surface area contributed by atoms with Gasteiger partial charge in [0.1, 0.15) is 0 Å². The van der Waals surface area contributed by atoms with Crippen LogP contribution >= 0.6 is 0 Å². The highest BCUT2D eigenvalue weighted by Gasteiger charge is 2.25. The summed E-state index contributed by atoms with van der Waals surface area (Å²) in [5.74, 6) is -0.564. The summed E-state index contributed by atoms with van der Waals surface area (Å²) in [7, 11) is 0. The molecule has 0 amide bonds. The van der Waals surface area contributed by atoms with E-state index < -0.39 is 18.4 Å². The SMILES string of the molecule is CCC=CCC(C=C[C@H]1CCC[C@@H]1CCCCCC(F)C(=O)O)C(O)O. The third kappa shape index (κ3) is 8.95. The van der Waals surface area contributed by atoms with Crippen molar-refractivity contribution in [2.75, 3.05) is 0 Å². The second-order valence-electron chi connectivity index (χ2n) is 7.38. The Bertz CT molecular complexity index is 447. The summed E-state index contributed by atoms with van der Waals surface area (Å²) in [6.45, 7) is 2.05. The van der Waals surface area contributed by atoms with Crippen molar-refractivity contribution >= 4 is 5.97 Å². The molecule has 1 rings (SSSR count). The van der Waals surface area contributed by atoms with Crippen LogP contribution < -0.4 is 0 Å². The molecule has 0 aromatic carbocycles. The predicted octanol–water partition coefficient (Wildman–Crippen LogP) is 4.62. The first-order chi connectivity index (χ1) is 12.5. The molecule has 4 atom stereocenters. The first-order valence-electron chi connectivity index (χ1n) is 10.0. The van der Waals surface area contributed by atoms with Crippen molar-refractivity contribution in [1.82, 2.24) is 0 Å². The maximum Gasteiger partial charge on any atom is 0.338 e. The number of alkyl halides is 1. The van der Waals surface area contributed by atoms with E-state index in [0.29, 0.717) is 24.7 Å². The van der Waals surface area contributed by atoms with E-state index in [1.54, 1.807) is 0 Å². The van der Waals surface area contributed by atoms with Crippen LogP contribution in [0.5, 0.6) is 0 Å². The van der Waals surface area contributed by atoms with Gasteiger partial charge < -0.3 is 15.3 Å². The van der Waals surface area contributed by atoms with E-state index in [4.69, 9.17) is 5.11 Å². The van der Waals surface area contributed by atoms with E-state index in [0.717, 1.165) is 32.1 Å². The van der Waals surface area contributed by atoms with E-state index in [1.165, 1.54) is 12.8 Å². The zero-order valence-corrected chi connectivity index (χ0v) is 15.9. The van der Waals surface area contributed by atoms with Crippen LogP contribution in [0.25, 0.3) is 0 Å². The monoisotopic (exact) mass is 370 g/mol. The molecule has 0 spiro atoms. The molecule has 0 bridgehead atoms. The molecule has 0 heterocycles.